The van der Waals surface area contributed by atoms with E-state index in [9.17, 15) is 0 Å². The van der Waals surface area contributed by atoms with Gasteiger partial charge in [0.15, 0.2) is 5.79 Å². The predicted molar refractivity (Wildman–Crippen MR) is 76.9 cm³/mol. The van der Waals surface area contributed by atoms with E-state index in [1.165, 1.54) is 0 Å². The lowest BCUT2D eigenvalue weighted by Gasteiger charge is -2.38. The van der Waals surface area contributed by atoms with E-state index in [0.29, 0.717) is 19.8 Å². The van der Waals surface area contributed by atoms with Gasteiger partial charge in [-0.3, -0.25) is 0 Å². The fourth-order valence-electron chi connectivity index (χ4n) is 2.26. The molecule has 0 spiro atoms. The molecule has 5 heteroatoms. The van der Waals surface area contributed by atoms with Crippen molar-refractivity contribution in [3.8, 4) is 0 Å². The molecule has 0 aromatic heterocycles. The summed E-state index contributed by atoms with van der Waals surface area (Å²) in [6, 6.07) is 0.116. The molecular formula is C14H26ClNO3. The molecule has 0 fully saturated rings. The van der Waals surface area contributed by atoms with Crippen molar-refractivity contribution >= 4 is 11.8 Å². The van der Waals surface area contributed by atoms with E-state index in [2.05, 4.69) is 13.8 Å². The number of hydrogen-bond donors (Lipinski definition) is 0. The molecule has 0 aliphatic carbocycles. The van der Waals surface area contributed by atoms with Crippen molar-refractivity contribution in [2.45, 2.75) is 58.5 Å². The van der Waals surface area contributed by atoms with Crippen molar-refractivity contribution in [3.63, 3.8) is 0 Å². The highest BCUT2D eigenvalue weighted by atomic mass is 35.5. The van der Waals surface area contributed by atoms with Crippen LogP contribution in [0, 0.1) is 0 Å². The SMILES string of the molecule is CCOC(C)(CN(Cl)C1C=COC(C)(C)C1)OCC. The van der Waals surface area contributed by atoms with Gasteiger partial charge in [-0.2, -0.15) is 0 Å². The fourth-order valence-corrected chi connectivity index (χ4v) is 2.61. The zero-order valence-corrected chi connectivity index (χ0v) is 13.4. The van der Waals surface area contributed by atoms with Gasteiger partial charge in [0.2, 0.25) is 0 Å². The molecule has 0 bridgehead atoms. The number of rotatable bonds is 7. The molecule has 0 saturated heterocycles. The van der Waals surface area contributed by atoms with E-state index in [4.69, 9.17) is 26.0 Å². The van der Waals surface area contributed by atoms with Crippen LogP contribution in [0.25, 0.3) is 0 Å². The Morgan fingerprint density at radius 1 is 1.37 bits per heavy atom. The second-order valence-corrected chi connectivity index (χ2v) is 5.97. The van der Waals surface area contributed by atoms with Crippen LogP contribution in [0.2, 0.25) is 0 Å². The van der Waals surface area contributed by atoms with Crippen molar-refractivity contribution in [2.24, 2.45) is 0 Å². The van der Waals surface area contributed by atoms with Gasteiger partial charge >= 0.3 is 0 Å². The maximum Gasteiger partial charge on any atom is 0.179 e. The van der Waals surface area contributed by atoms with E-state index >= 15 is 0 Å². The molecule has 1 atom stereocenters. The predicted octanol–water partition coefficient (Wildman–Crippen LogP) is 3.31. The first-order valence-electron chi connectivity index (χ1n) is 6.87. The van der Waals surface area contributed by atoms with Gasteiger partial charge in [0, 0.05) is 19.6 Å². The molecule has 1 unspecified atom stereocenters. The normalized spacial score (nSPS) is 22.6. The van der Waals surface area contributed by atoms with Gasteiger partial charge in [0.05, 0.1) is 18.8 Å². The Balaban J connectivity index is 2.64. The molecule has 0 radical (unpaired) electrons. The molecule has 112 valence electrons. The molecular weight excluding hydrogens is 266 g/mol. The van der Waals surface area contributed by atoms with Crippen LogP contribution in [0.4, 0.5) is 0 Å². The highest BCUT2D eigenvalue weighted by Crippen LogP contribution is 2.28. The first-order valence-corrected chi connectivity index (χ1v) is 7.20. The zero-order chi connectivity index (χ0) is 14.5. The monoisotopic (exact) mass is 291 g/mol. The maximum absolute atomic E-state index is 6.41. The van der Waals surface area contributed by atoms with Gasteiger partial charge in [-0.25, -0.2) is 4.42 Å². The summed E-state index contributed by atoms with van der Waals surface area (Å²) in [5, 5.41) is 0. The minimum atomic E-state index is -0.679. The third-order valence-electron chi connectivity index (χ3n) is 3.09. The molecule has 1 aliphatic rings. The molecule has 0 N–H and O–H groups in total. The van der Waals surface area contributed by atoms with Crippen molar-refractivity contribution in [3.05, 3.63) is 12.3 Å². The average molecular weight is 292 g/mol. The van der Waals surface area contributed by atoms with E-state index in [-0.39, 0.29) is 11.6 Å². The van der Waals surface area contributed by atoms with Crippen LogP contribution in [-0.4, -0.2) is 41.6 Å². The number of hydrogen-bond acceptors (Lipinski definition) is 4. The lowest BCUT2D eigenvalue weighted by Crippen LogP contribution is -2.47. The van der Waals surface area contributed by atoms with Gasteiger partial charge in [-0.15, -0.1) is 0 Å². The summed E-state index contributed by atoms with van der Waals surface area (Å²) < 4.78 is 18.6. The Labute approximate surface area is 121 Å². The lowest BCUT2D eigenvalue weighted by atomic mass is 9.96. The van der Waals surface area contributed by atoms with Crippen LogP contribution in [-0.2, 0) is 14.2 Å². The Bertz CT molecular complexity index is 301. The van der Waals surface area contributed by atoms with Gasteiger partial charge in [0.1, 0.15) is 5.60 Å². The molecule has 4 nitrogen and oxygen atoms in total. The van der Waals surface area contributed by atoms with Crippen molar-refractivity contribution < 1.29 is 14.2 Å². The van der Waals surface area contributed by atoms with Crippen LogP contribution in [0.15, 0.2) is 12.3 Å². The van der Waals surface area contributed by atoms with E-state index in [1.54, 1.807) is 10.7 Å². The molecule has 1 heterocycles. The van der Waals surface area contributed by atoms with Crippen LogP contribution in [0.5, 0.6) is 0 Å². The molecule has 0 aromatic rings. The summed E-state index contributed by atoms with van der Waals surface area (Å²) in [5.41, 5.74) is -0.194. The third kappa shape index (κ3) is 5.30. The van der Waals surface area contributed by atoms with E-state index in [0.717, 1.165) is 6.42 Å². The van der Waals surface area contributed by atoms with Crippen molar-refractivity contribution in [1.82, 2.24) is 4.42 Å². The second kappa shape index (κ2) is 6.93. The summed E-state index contributed by atoms with van der Waals surface area (Å²) in [5.74, 6) is -0.679. The van der Waals surface area contributed by atoms with Gasteiger partial charge in [0.25, 0.3) is 0 Å². The minimum Gasteiger partial charge on any atom is -0.496 e. The highest BCUT2D eigenvalue weighted by Gasteiger charge is 2.34. The Morgan fingerprint density at radius 2 is 1.95 bits per heavy atom. The van der Waals surface area contributed by atoms with Crippen molar-refractivity contribution in [1.29, 1.82) is 0 Å². The van der Waals surface area contributed by atoms with Crippen LogP contribution in [0.1, 0.15) is 41.0 Å². The maximum atomic E-state index is 6.41. The summed E-state index contributed by atoms with van der Waals surface area (Å²) >= 11 is 6.41. The fraction of sp³-hybridized carbons (Fsp3) is 0.857. The third-order valence-corrected chi connectivity index (χ3v) is 3.46. The Morgan fingerprint density at radius 3 is 2.42 bits per heavy atom. The minimum absolute atomic E-state index is 0.116. The molecule has 0 amide bonds. The standard InChI is InChI=1S/C14H26ClNO3/c1-6-17-14(5,18-7-2)11-16(15)12-8-9-19-13(3,4)10-12/h8-9,12H,6-7,10-11H2,1-5H3. The summed E-state index contributed by atoms with van der Waals surface area (Å²) in [6.45, 7) is 11.6. The number of ether oxygens (including phenoxy) is 3. The summed E-state index contributed by atoms with van der Waals surface area (Å²) in [4.78, 5) is 0. The second-order valence-electron chi connectivity index (χ2n) is 5.54. The van der Waals surface area contributed by atoms with E-state index < -0.39 is 5.79 Å². The largest absolute Gasteiger partial charge is 0.496 e. The highest BCUT2D eigenvalue weighted by molar-refractivity contribution is 6.13. The van der Waals surface area contributed by atoms with E-state index in [1.807, 2.05) is 26.8 Å². The summed E-state index contributed by atoms with van der Waals surface area (Å²) in [6.07, 6.45) is 4.53. The van der Waals surface area contributed by atoms with Gasteiger partial charge in [-0.1, -0.05) is 0 Å². The average Bonchev–Trinajstić information content (AvgIpc) is 2.27. The lowest BCUT2D eigenvalue weighted by molar-refractivity contribution is -0.225. The van der Waals surface area contributed by atoms with Gasteiger partial charge < -0.3 is 14.2 Å². The Kier molecular flexibility index (Phi) is 6.12. The number of nitrogens with zero attached hydrogens (tertiary/aromatic N) is 1. The van der Waals surface area contributed by atoms with Crippen molar-refractivity contribution in [2.75, 3.05) is 19.8 Å². The number of halogens is 1. The molecule has 1 rings (SSSR count). The summed E-state index contributed by atoms with van der Waals surface area (Å²) in [7, 11) is 0. The van der Waals surface area contributed by atoms with Gasteiger partial charge in [-0.05, 0) is 52.5 Å². The molecule has 1 aliphatic heterocycles. The molecule has 0 saturated carbocycles. The topological polar surface area (TPSA) is 30.9 Å². The van der Waals surface area contributed by atoms with Crippen LogP contribution >= 0.6 is 11.8 Å². The Hall–Kier alpha value is -0.290. The van der Waals surface area contributed by atoms with Crippen LogP contribution in [0.3, 0.4) is 0 Å². The first-order chi connectivity index (χ1) is 8.82. The first kappa shape index (κ1) is 16.8. The quantitative estimate of drug-likeness (QED) is 0.532. The van der Waals surface area contributed by atoms with Crippen LogP contribution < -0.4 is 0 Å². The zero-order valence-electron chi connectivity index (χ0n) is 12.6. The molecule has 0 aromatic carbocycles. The smallest absolute Gasteiger partial charge is 0.179 e. The molecule has 19 heavy (non-hydrogen) atoms.